The number of rotatable bonds is 4. The van der Waals surface area contributed by atoms with E-state index in [4.69, 9.17) is 4.74 Å². The van der Waals surface area contributed by atoms with E-state index in [0.717, 1.165) is 11.3 Å². The molecule has 6 nitrogen and oxygen atoms in total. The van der Waals surface area contributed by atoms with Crippen LogP contribution in [0.15, 0.2) is 53.4 Å². The molecule has 1 heterocycles. The monoisotopic (exact) mass is 374 g/mol. The molecule has 1 aliphatic rings. The van der Waals surface area contributed by atoms with Crippen LogP contribution in [0.25, 0.3) is 0 Å². The summed E-state index contributed by atoms with van der Waals surface area (Å²) in [6.07, 6.45) is 0. The van der Waals surface area contributed by atoms with Gasteiger partial charge in [0.05, 0.1) is 12.0 Å². The van der Waals surface area contributed by atoms with Crippen LogP contribution >= 0.6 is 0 Å². The van der Waals surface area contributed by atoms with Crippen molar-refractivity contribution < 1.29 is 17.9 Å². The first-order valence-electron chi connectivity index (χ1n) is 8.38. The van der Waals surface area contributed by atoms with Crippen molar-refractivity contribution in [2.75, 3.05) is 25.1 Å². The number of amides is 1. The number of carbonyl (C=O) groups excluding carboxylic acids is 1. The lowest BCUT2D eigenvalue weighted by Gasteiger charge is -2.38. The maximum atomic E-state index is 12.9. The van der Waals surface area contributed by atoms with Gasteiger partial charge in [0.2, 0.25) is 15.9 Å². The largest absolute Gasteiger partial charge is 0.497 e. The number of carbonyl (C=O) groups is 1. The van der Waals surface area contributed by atoms with Gasteiger partial charge in [0.25, 0.3) is 0 Å². The Morgan fingerprint density at radius 2 is 1.62 bits per heavy atom. The molecule has 1 unspecified atom stereocenters. The maximum Gasteiger partial charge on any atom is 0.245 e. The highest BCUT2D eigenvalue weighted by Gasteiger charge is 2.39. The molecule has 0 aliphatic carbocycles. The van der Waals surface area contributed by atoms with E-state index < -0.39 is 16.1 Å². The molecule has 3 rings (SSSR count). The van der Waals surface area contributed by atoms with Crippen molar-refractivity contribution in [1.82, 2.24) is 4.31 Å². The fourth-order valence-corrected chi connectivity index (χ4v) is 4.62. The average Bonchev–Trinajstić information content (AvgIpc) is 2.64. The first kappa shape index (κ1) is 18.4. The highest BCUT2D eigenvalue weighted by atomic mass is 32.2. The third-order valence-electron chi connectivity index (χ3n) is 4.61. The first-order chi connectivity index (χ1) is 12.3. The van der Waals surface area contributed by atoms with Gasteiger partial charge >= 0.3 is 0 Å². The van der Waals surface area contributed by atoms with Gasteiger partial charge in [-0.1, -0.05) is 17.7 Å². The van der Waals surface area contributed by atoms with Crippen LogP contribution in [0.2, 0.25) is 0 Å². The molecule has 7 heteroatoms. The number of methoxy groups -OCH3 is 1. The van der Waals surface area contributed by atoms with Crippen molar-refractivity contribution in [2.24, 2.45) is 0 Å². The van der Waals surface area contributed by atoms with Crippen LogP contribution in [-0.4, -0.2) is 44.9 Å². The van der Waals surface area contributed by atoms with Gasteiger partial charge in [-0.3, -0.25) is 4.79 Å². The molecule has 0 N–H and O–H groups in total. The van der Waals surface area contributed by atoms with Crippen LogP contribution in [0, 0.1) is 6.92 Å². The first-order valence-corrected chi connectivity index (χ1v) is 9.82. The second kappa shape index (κ2) is 7.09. The third-order valence-corrected chi connectivity index (χ3v) is 6.60. The number of sulfonamides is 1. The molecule has 138 valence electrons. The Morgan fingerprint density at radius 1 is 1.00 bits per heavy atom. The van der Waals surface area contributed by atoms with E-state index in [-0.39, 0.29) is 17.3 Å². The molecule has 0 bridgehead atoms. The molecule has 0 radical (unpaired) electrons. The van der Waals surface area contributed by atoms with Crippen molar-refractivity contribution in [1.29, 1.82) is 0 Å². The number of ether oxygens (including phenoxy) is 1. The minimum absolute atomic E-state index is 0.209. The molecule has 1 saturated heterocycles. The summed E-state index contributed by atoms with van der Waals surface area (Å²) in [5.74, 6) is 0.465. The van der Waals surface area contributed by atoms with E-state index >= 15 is 0 Å². The normalized spacial score (nSPS) is 18.8. The van der Waals surface area contributed by atoms with Crippen molar-refractivity contribution >= 4 is 21.6 Å². The number of benzene rings is 2. The van der Waals surface area contributed by atoms with E-state index in [1.807, 2.05) is 6.92 Å². The highest BCUT2D eigenvalue weighted by Crippen LogP contribution is 2.26. The van der Waals surface area contributed by atoms with Crippen LogP contribution in [0.1, 0.15) is 12.5 Å². The van der Waals surface area contributed by atoms with Crippen LogP contribution in [-0.2, 0) is 14.8 Å². The average molecular weight is 374 g/mol. The summed E-state index contributed by atoms with van der Waals surface area (Å²) in [6.45, 7) is 4.08. The van der Waals surface area contributed by atoms with Crippen molar-refractivity contribution in [2.45, 2.75) is 24.8 Å². The number of piperazine rings is 1. The van der Waals surface area contributed by atoms with E-state index in [1.54, 1.807) is 67.5 Å². The minimum atomic E-state index is -3.71. The quantitative estimate of drug-likeness (QED) is 0.824. The van der Waals surface area contributed by atoms with Crippen LogP contribution in [0.3, 0.4) is 0 Å². The van der Waals surface area contributed by atoms with Crippen LogP contribution in [0.4, 0.5) is 5.69 Å². The van der Waals surface area contributed by atoms with Gasteiger partial charge in [-0.25, -0.2) is 8.42 Å². The molecule has 1 atom stereocenters. The predicted molar refractivity (Wildman–Crippen MR) is 99.9 cm³/mol. The molecule has 1 amide bonds. The summed E-state index contributed by atoms with van der Waals surface area (Å²) in [5, 5.41) is 0. The molecule has 0 aromatic heterocycles. The zero-order valence-corrected chi connectivity index (χ0v) is 15.9. The number of anilines is 1. The second-order valence-electron chi connectivity index (χ2n) is 6.29. The van der Waals surface area contributed by atoms with Gasteiger partial charge < -0.3 is 9.64 Å². The Balaban J connectivity index is 1.83. The zero-order valence-electron chi connectivity index (χ0n) is 15.0. The van der Waals surface area contributed by atoms with Gasteiger partial charge in [0.1, 0.15) is 11.8 Å². The summed E-state index contributed by atoms with van der Waals surface area (Å²) < 4.78 is 32.3. The summed E-state index contributed by atoms with van der Waals surface area (Å²) in [7, 11) is -2.13. The molecule has 2 aromatic carbocycles. The van der Waals surface area contributed by atoms with Crippen LogP contribution in [0.5, 0.6) is 5.75 Å². The topological polar surface area (TPSA) is 66.9 Å². The number of aryl methyl sites for hydroxylation is 1. The van der Waals surface area contributed by atoms with Gasteiger partial charge in [-0.2, -0.15) is 4.31 Å². The summed E-state index contributed by atoms with van der Waals surface area (Å²) >= 11 is 0. The van der Waals surface area contributed by atoms with Crippen molar-refractivity contribution in [3.63, 3.8) is 0 Å². The lowest BCUT2D eigenvalue weighted by Crippen LogP contribution is -2.57. The molecule has 1 aliphatic heterocycles. The van der Waals surface area contributed by atoms with E-state index in [2.05, 4.69) is 0 Å². The Bertz CT molecular complexity index is 892. The molecular formula is C19H22N2O4S. The molecule has 26 heavy (non-hydrogen) atoms. The van der Waals surface area contributed by atoms with Crippen LogP contribution < -0.4 is 9.64 Å². The van der Waals surface area contributed by atoms with Gasteiger partial charge in [0.15, 0.2) is 0 Å². The molecular weight excluding hydrogens is 352 g/mol. The Morgan fingerprint density at radius 3 is 2.19 bits per heavy atom. The molecule has 0 spiro atoms. The van der Waals surface area contributed by atoms with Gasteiger partial charge in [0, 0.05) is 18.8 Å². The number of hydrogen-bond acceptors (Lipinski definition) is 4. The van der Waals surface area contributed by atoms with Crippen molar-refractivity contribution in [3.05, 3.63) is 54.1 Å². The minimum Gasteiger partial charge on any atom is -0.497 e. The predicted octanol–water partition coefficient (Wildman–Crippen LogP) is 2.43. The lowest BCUT2D eigenvalue weighted by atomic mass is 10.2. The van der Waals surface area contributed by atoms with Crippen molar-refractivity contribution in [3.8, 4) is 5.75 Å². The number of hydrogen-bond donors (Lipinski definition) is 0. The zero-order chi connectivity index (χ0) is 18.9. The number of nitrogens with zero attached hydrogens (tertiary/aromatic N) is 2. The maximum absolute atomic E-state index is 12.9. The highest BCUT2D eigenvalue weighted by molar-refractivity contribution is 7.89. The Hall–Kier alpha value is -2.38. The standard InChI is InChI=1S/C19H22N2O4S/c1-14-4-10-18(11-5-14)26(23,24)21-13-12-20(19(22)15(21)2)16-6-8-17(25-3)9-7-16/h4-11,15H,12-13H2,1-3H3. The van der Waals surface area contributed by atoms with Gasteiger partial charge in [-0.15, -0.1) is 0 Å². The fraction of sp³-hybridized carbons (Fsp3) is 0.316. The fourth-order valence-electron chi connectivity index (χ4n) is 3.04. The second-order valence-corrected chi connectivity index (χ2v) is 8.18. The smallest absolute Gasteiger partial charge is 0.245 e. The van der Waals surface area contributed by atoms with Gasteiger partial charge in [-0.05, 0) is 50.2 Å². The lowest BCUT2D eigenvalue weighted by molar-refractivity contribution is -0.123. The Labute approximate surface area is 154 Å². The van der Waals surface area contributed by atoms with E-state index in [9.17, 15) is 13.2 Å². The Kier molecular flexibility index (Phi) is 5.02. The SMILES string of the molecule is COc1ccc(N2CCN(S(=O)(=O)c3ccc(C)cc3)C(C)C2=O)cc1. The third kappa shape index (κ3) is 3.32. The molecule has 2 aromatic rings. The van der Waals surface area contributed by atoms with E-state index in [0.29, 0.717) is 12.3 Å². The summed E-state index contributed by atoms with van der Waals surface area (Å²) in [6, 6.07) is 13.1. The summed E-state index contributed by atoms with van der Waals surface area (Å²) in [5.41, 5.74) is 1.72. The summed E-state index contributed by atoms with van der Waals surface area (Å²) in [4.78, 5) is 14.6. The molecule has 1 fully saturated rings. The molecule has 0 saturated carbocycles. The van der Waals surface area contributed by atoms with E-state index in [1.165, 1.54) is 4.31 Å².